The van der Waals surface area contributed by atoms with Gasteiger partial charge < -0.3 is 9.64 Å². The summed E-state index contributed by atoms with van der Waals surface area (Å²) in [5, 5.41) is 0.324. The predicted octanol–water partition coefficient (Wildman–Crippen LogP) is 2.65. The Morgan fingerprint density at radius 1 is 1.48 bits per heavy atom. The summed E-state index contributed by atoms with van der Waals surface area (Å²) in [5.74, 6) is 0.723. The lowest BCUT2D eigenvalue weighted by atomic mass is 10.1. The summed E-state index contributed by atoms with van der Waals surface area (Å²) in [4.78, 5) is 23.3. The van der Waals surface area contributed by atoms with Gasteiger partial charge in [-0.15, -0.1) is 0 Å². The maximum absolute atomic E-state index is 12.8. The molecule has 6 heteroatoms. The molecule has 2 heterocycles. The van der Waals surface area contributed by atoms with Crippen LogP contribution < -0.4 is 0 Å². The smallest absolute Gasteiger partial charge is 0.274 e. The average Bonchev–Trinajstić information content (AvgIpc) is 2.95. The molecule has 114 valence electrons. The van der Waals surface area contributed by atoms with Crippen LogP contribution in [0.15, 0.2) is 6.20 Å². The van der Waals surface area contributed by atoms with Gasteiger partial charge in [0.25, 0.3) is 5.91 Å². The molecular formula is C15H20ClN3O2. The Kier molecular flexibility index (Phi) is 4.13. The molecule has 1 saturated heterocycles. The molecule has 0 N–H and O–H groups in total. The van der Waals surface area contributed by atoms with Gasteiger partial charge in [-0.05, 0) is 19.3 Å². The van der Waals surface area contributed by atoms with E-state index in [4.69, 9.17) is 16.3 Å². The number of carbonyl (C=O) groups excluding carboxylic acids is 1. The van der Waals surface area contributed by atoms with Crippen LogP contribution in [-0.4, -0.2) is 46.1 Å². The number of amides is 1. The van der Waals surface area contributed by atoms with Crippen LogP contribution in [0.1, 0.15) is 55.3 Å². The van der Waals surface area contributed by atoms with Gasteiger partial charge in [-0.25, -0.2) is 9.97 Å². The highest BCUT2D eigenvalue weighted by molar-refractivity contribution is 6.33. The molecule has 0 bridgehead atoms. The second-order valence-corrected chi connectivity index (χ2v) is 6.39. The van der Waals surface area contributed by atoms with Crippen molar-refractivity contribution in [1.29, 1.82) is 0 Å². The number of carbonyl (C=O) groups is 1. The number of aromatic nitrogens is 2. The lowest BCUT2D eigenvalue weighted by Gasteiger charge is -2.37. The maximum Gasteiger partial charge on any atom is 0.274 e. The quantitative estimate of drug-likeness (QED) is 0.843. The number of halogens is 1. The van der Waals surface area contributed by atoms with E-state index in [1.807, 2.05) is 18.7 Å². The van der Waals surface area contributed by atoms with Crippen molar-refractivity contribution < 1.29 is 9.53 Å². The van der Waals surface area contributed by atoms with Gasteiger partial charge in [-0.3, -0.25) is 4.79 Å². The van der Waals surface area contributed by atoms with E-state index in [9.17, 15) is 4.79 Å². The zero-order valence-electron chi connectivity index (χ0n) is 12.4. The van der Waals surface area contributed by atoms with E-state index in [-0.39, 0.29) is 24.0 Å². The average molecular weight is 310 g/mol. The first-order valence-electron chi connectivity index (χ1n) is 7.53. The minimum Gasteiger partial charge on any atom is -0.374 e. The normalized spacial score (nSPS) is 25.2. The van der Waals surface area contributed by atoms with E-state index in [0.717, 1.165) is 19.3 Å². The van der Waals surface area contributed by atoms with Gasteiger partial charge in [0.15, 0.2) is 5.69 Å². The van der Waals surface area contributed by atoms with E-state index >= 15 is 0 Å². The summed E-state index contributed by atoms with van der Waals surface area (Å²) in [6, 6.07) is 0.166. The van der Waals surface area contributed by atoms with E-state index in [0.29, 0.717) is 29.7 Å². The third-order valence-electron chi connectivity index (χ3n) is 4.22. The highest BCUT2D eigenvalue weighted by Crippen LogP contribution is 2.31. The van der Waals surface area contributed by atoms with Gasteiger partial charge >= 0.3 is 0 Å². The zero-order valence-corrected chi connectivity index (χ0v) is 13.1. The summed E-state index contributed by atoms with van der Waals surface area (Å²) in [6.45, 7) is 5.20. The minimum absolute atomic E-state index is 0.0931. The first kappa shape index (κ1) is 14.7. The van der Waals surface area contributed by atoms with Gasteiger partial charge in [-0.1, -0.05) is 25.4 Å². The van der Waals surface area contributed by atoms with Crippen molar-refractivity contribution in [2.75, 3.05) is 13.2 Å². The third kappa shape index (κ3) is 2.77. The Bertz CT molecular complexity index is 550. The fourth-order valence-electron chi connectivity index (χ4n) is 3.12. The molecule has 0 aromatic carbocycles. The first-order valence-corrected chi connectivity index (χ1v) is 7.90. The molecule has 0 spiro atoms. The number of fused-ring (bicyclic) bond motifs is 1. The topological polar surface area (TPSA) is 55.3 Å². The molecule has 1 aromatic rings. The molecule has 1 aliphatic heterocycles. The van der Waals surface area contributed by atoms with E-state index in [2.05, 4.69) is 9.97 Å². The lowest BCUT2D eigenvalue weighted by molar-refractivity contribution is -0.0447. The molecule has 1 aliphatic carbocycles. The fourth-order valence-corrected chi connectivity index (χ4v) is 3.29. The highest BCUT2D eigenvalue weighted by atomic mass is 35.5. The number of hydrogen-bond acceptors (Lipinski definition) is 4. The Hall–Kier alpha value is -1.20. The Morgan fingerprint density at radius 3 is 3.05 bits per heavy atom. The van der Waals surface area contributed by atoms with Gasteiger partial charge in [0.1, 0.15) is 5.82 Å². The van der Waals surface area contributed by atoms with Crippen molar-refractivity contribution in [3.05, 3.63) is 22.7 Å². The SMILES string of the molecule is CC(C)c1ncc(Cl)c(C(=O)N2CCO[C@H]3CCC[C@H]32)n1. The molecule has 21 heavy (non-hydrogen) atoms. The molecule has 0 radical (unpaired) electrons. The molecule has 3 rings (SSSR count). The van der Waals surface area contributed by atoms with Crippen molar-refractivity contribution in [3.8, 4) is 0 Å². The van der Waals surface area contributed by atoms with Crippen molar-refractivity contribution in [2.45, 2.75) is 51.2 Å². The number of nitrogens with zero attached hydrogens (tertiary/aromatic N) is 3. The van der Waals surface area contributed by atoms with Crippen LogP contribution in [0.2, 0.25) is 5.02 Å². The maximum atomic E-state index is 12.8. The van der Waals surface area contributed by atoms with Crippen molar-refractivity contribution >= 4 is 17.5 Å². The van der Waals surface area contributed by atoms with Gasteiger partial charge in [0.2, 0.25) is 0 Å². The predicted molar refractivity (Wildman–Crippen MR) is 79.5 cm³/mol. The second kappa shape index (κ2) is 5.89. The largest absolute Gasteiger partial charge is 0.374 e. The van der Waals surface area contributed by atoms with Gasteiger partial charge in [0.05, 0.1) is 30.0 Å². The Morgan fingerprint density at radius 2 is 2.29 bits per heavy atom. The Balaban J connectivity index is 1.89. The van der Waals surface area contributed by atoms with Crippen LogP contribution in [0, 0.1) is 0 Å². The fraction of sp³-hybridized carbons (Fsp3) is 0.667. The van der Waals surface area contributed by atoms with Crippen molar-refractivity contribution in [1.82, 2.24) is 14.9 Å². The van der Waals surface area contributed by atoms with Crippen LogP contribution in [0.5, 0.6) is 0 Å². The molecular weight excluding hydrogens is 290 g/mol. The summed E-state index contributed by atoms with van der Waals surface area (Å²) < 4.78 is 5.75. The minimum atomic E-state index is -0.0931. The Labute approximate surface area is 129 Å². The van der Waals surface area contributed by atoms with E-state index in [1.165, 1.54) is 6.20 Å². The number of morpholine rings is 1. The molecule has 0 unspecified atom stereocenters. The van der Waals surface area contributed by atoms with E-state index < -0.39 is 0 Å². The standard InChI is InChI=1S/C15H20ClN3O2/c1-9(2)14-17-8-10(16)13(18-14)15(20)19-6-7-21-12-5-3-4-11(12)19/h8-9,11-12H,3-7H2,1-2H3/t11-,12+/m1/s1. The number of ether oxygens (including phenoxy) is 1. The second-order valence-electron chi connectivity index (χ2n) is 5.99. The summed E-state index contributed by atoms with van der Waals surface area (Å²) in [6.07, 6.45) is 4.84. The highest BCUT2D eigenvalue weighted by Gasteiger charge is 2.39. The molecule has 1 aromatic heterocycles. The molecule has 2 atom stereocenters. The van der Waals surface area contributed by atoms with Crippen molar-refractivity contribution in [3.63, 3.8) is 0 Å². The first-order chi connectivity index (χ1) is 10.1. The number of rotatable bonds is 2. The number of hydrogen-bond donors (Lipinski definition) is 0. The monoisotopic (exact) mass is 309 g/mol. The van der Waals surface area contributed by atoms with E-state index in [1.54, 1.807) is 0 Å². The molecule has 2 aliphatic rings. The van der Waals surface area contributed by atoms with Gasteiger partial charge in [0, 0.05) is 12.5 Å². The lowest BCUT2D eigenvalue weighted by Crippen LogP contribution is -2.51. The molecule has 1 saturated carbocycles. The summed E-state index contributed by atoms with van der Waals surface area (Å²) in [5.41, 5.74) is 0.322. The summed E-state index contributed by atoms with van der Waals surface area (Å²) >= 11 is 6.15. The van der Waals surface area contributed by atoms with Crippen LogP contribution in [-0.2, 0) is 4.74 Å². The zero-order chi connectivity index (χ0) is 15.0. The van der Waals surface area contributed by atoms with Gasteiger partial charge in [-0.2, -0.15) is 0 Å². The van der Waals surface area contributed by atoms with Crippen LogP contribution in [0.3, 0.4) is 0 Å². The molecule has 5 nitrogen and oxygen atoms in total. The molecule has 2 fully saturated rings. The van der Waals surface area contributed by atoms with Crippen LogP contribution in [0.4, 0.5) is 0 Å². The molecule has 1 amide bonds. The van der Waals surface area contributed by atoms with Crippen LogP contribution in [0.25, 0.3) is 0 Å². The van der Waals surface area contributed by atoms with Crippen LogP contribution >= 0.6 is 11.6 Å². The summed E-state index contributed by atoms with van der Waals surface area (Å²) in [7, 11) is 0. The van der Waals surface area contributed by atoms with Crippen molar-refractivity contribution in [2.24, 2.45) is 0 Å². The third-order valence-corrected chi connectivity index (χ3v) is 4.50.